The summed E-state index contributed by atoms with van der Waals surface area (Å²) in [6.07, 6.45) is 2.34. The Bertz CT molecular complexity index is 621. The van der Waals surface area contributed by atoms with Crippen molar-refractivity contribution in [3.63, 3.8) is 0 Å². The summed E-state index contributed by atoms with van der Waals surface area (Å²) < 4.78 is 10.6. The molecule has 110 valence electrons. The maximum Gasteiger partial charge on any atom is 0.277 e. The fourth-order valence-electron chi connectivity index (χ4n) is 1.56. The molecule has 1 aromatic carbocycles. The number of carbonyl (C=O) groups is 1. The number of rotatable bonds is 6. The quantitative estimate of drug-likeness (QED) is 0.654. The molecule has 21 heavy (non-hydrogen) atoms. The first-order chi connectivity index (χ1) is 10.2. The summed E-state index contributed by atoms with van der Waals surface area (Å²) in [6, 6.07) is 9.03. The fourth-order valence-corrected chi connectivity index (χ4v) is 1.56. The zero-order valence-electron chi connectivity index (χ0n) is 12.0. The molecule has 2 aromatic rings. The van der Waals surface area contributed by atoms with Gasteiger partial charge in [-0.05, 0) is 25.5 Å². The van der Waals surface area contributed by atoms with Gasteiger partial charge in [0.15, 0.2) is 12.4 Å². The van der Waals surface area contributed by atoms with Gasteiger partial charge in [-0.25, -0.2) is 5.43 Å². The predicted molar refractivity (Wildman–Crippen MR) is 79.0 cm³/mol. The van der Waals surface area contributed by atoms with E-state index in [2.05, 4.69) is 15.7 Å². The number of amides is 1. The highest BCUT2D eigenvalue weighted by molar-refractivity contribution is 5.84. The maximum absolute atomic E-state index is 11.7. The lowest BCUT2D eigenvalue weighted by molar-refractivity contribution is -0.123. The van der Waals surface area contributed by atoms with Gasteiger partial charge in [0, 0.05) is 11.8 Å². The van der Waals surface area contributed by atoms with Crippen LogP contribution in [0, 0.1) is 0 Å². The van der Waals surface area contributed by atoms with Crippen molar-refractivity contribution >= 4 is 11.6 Å². The Morgan fingerprint density at radius 3 is 2.90 bits per heavy atom. The lowest BCUT2D eigenvalue weighted by Crippen LogP contribution is -2.25. The van der Waals surface area contributed by atoms with E-state index in [0.29, 0.717) is 11.5 Å². The molecule has 0 unspecified atom stereocenters. The number of ether oxygens (including phenoxy) is 1. The Morgan fingerprint density at radius 1 is 1.38 bits per heavy atom. The first-order valence-corrected chi connectivity index (χ1v) is 6.65. The highest BCUT2D eigenvalue weighted by Crippen LogP contribution is 2.29. The van der Waals surface area contributed by atoms with Gasteiger partial charge in [-0.3, -0.25) is 4.79 Å². The van der Waals surface area contributed by atoms with Crippen molar-refractivity contribution in [2.24, 2.45) is 5.10 Å². The van der Waals surface area contributed by atoms with E-state index in [0.717, 1.165) is 17.7 Å². The van der Waals surface area contributed by atoms with Crippen LogP contribution in [-0.2, 0) is 4.79 Å². The van der Waals surface area contributed by atoms with E-state index >= 15 is 0 Å². The third-order valence-electron chi connectivity index (χ3n) is 2.83. The summed E-state index contributed by atoms with van der Waals surface area (Å²) in [4.78, 5) is 11.7. The van der Waals surface area contributed by atoms with Gasteiger partial charge < -0.3 is 9.26 Å². The summed E-state index contributed by atoms with van der Waals surface area (Å²) >= 11 is 0. The summed E-state index contributed by atoms with van der Waals surface area (Å²) in [7, 11) is 0. The van der Waals surface area contributed by atoms with Crippen molar-refractivity contribution in [1.29, 1.82) is 0 Å². The lowest BCUT2D eigenvalue weighted by atomic mass is 10.1. The van der Waals surface area contributed by atoms with Crippen LogP contribution >= 0.6 is 0 Å². The maximum atomic E-state index is 11.7. The molecule has 0 aliphatic carbocycles. The summed E-state index contributed by atoms with van der Waals surface area (Å²) in [6.45, 7) is 3.70. The molecule has 0 saturated heterocycles. The molecular weight excluding hydrogens is 270 g/mol. The fraction of sp³-hybridized carbons (Fsp3) is 0.267. The number of para-hydroxylation sites is 1. The van der Waals surface area contributed by atoms with Gasteiger partial charge in [0.2, 0.25) is 0 Å². The Balaban J connectivity index is 1.99. The molecule has 0 spiro atoms. The number of nitrogens with zero attached hydrogens (tertiary/aromatic N) is 2. The Morgan fingerprint density at radius 2 is 2.19 bits per heavy atom. The molecule has 1 amide bonds. The Labute approximate surface area is 122 Å². The smallest absolute Gasteiger partial charge is 0.277 e. The SMILES string of the molecule is CC/C(C)=N\NC(=O)COc1ccccc1-c1ccno1. The second kappa shape index (κ2) is 7.23. The molecule has 6 heteroatoms. The molecule has 1 N–H and O–H groups in total. The van der Waals surface area contributed by atoms with Crippen molar-refractivity contribution in [1.82, 2.24) is 10.6 Å². The standard InChI is InChI=1S/C15H17N3O3/c1-3-11(2)17-18-15(19)10-20-13-7-5-4-6-12(13)14-8-9-16-21-14/h4-9H,3,10H2,1-2H3,(H,18,19)/b17-11-. The van der Waals surface area contributed by atoms with Crippen LogP contribution in [0.4, 0.5) is 0 Å². The van der Waals surface area contributed by atoms with Gasteiger partial charge in [0.25, 0.3) is 5.91 Å². The normalized spacial score (nSPS) is 11.2. The second-order valence-electron chi connectivity index (χ2n) is 4.40. The number of hydrogen-bond donors (Lipinski definition) is 1. The topological polar surface area (TPSA) is 76.7 Å². The largest absolute Gasteiger partial charge is 0.483 e. The van der Waals surface area contributed by atoms with Gasteiger partial charge >= 0.3 is 0 Å². The van der Waals surface area contributed by atoms with Crippen LogP contribution in [0.2, 0.25) is 0 Å². The molecular formula is C15H17N3O3. The Hall–Kier alpha value is -2.63. The van der Waals surface area contributed by atoms with Gasteiger partial charge in [0.05, 0.1) is 11.8 Å². The minimum absolute atomic E-state index is 0.119. The van der Waals surface area contributed by atoms with Crippen molar-refractivity contribution in [3.8, 4) is 17.1 Å². The molecule has 0 atom stereocenters. The van der Waals surface area contributed by atoms with Crippen LogP contribution < -0.4 is 10.2 Å². The van der Waals surface area contributed by atoms with E-state index in [9.17, 15) is 4.79 Å². The van der Waals surface area contributed by atoms with E-state index in [1.54, 1.807) is 18.3 Å². The van der Waals surface area contributed by atoms with Gasteiger partial charge in [0.1, 0.15) is 5.75 Å². The van der Waals surface area contributed by atoms with Crippen LogP contribution in [-0.4, -0.2) is 23.4 Å². The molecule has 6 nitrogen and oxygen atoms in total. The number of hydrazone groups is 1. The third-order valence-corrected chi connectivity index (χ3v) is 2.83. The molecule has 0 radical (unpaired) electrons. The first-order valence-electron chi connectivity index (χ1n) is 6.65. The van der Waals surface area contributed by atoms with Crippen molar-refractivity contribution in [3.05, 3.63) is 36.5 Å². The lowest BCUT2D eigenvalue weighted by Gasteiger charge is -2.08. The average Bonchev–Trinajstić information content (AvgIpc) is 3.05. The van der Waals surface area contributed by atoms with E-state index in [-0.39, 0.29) is 12.5 Å². The Kier molecular flexibility index (Phi) is 5.09. The number of carbonyl (C=O) groups excluding carboxylic acids is 1. The third kappa shape index (κ3) is 4.17. The van der Waals surface area contributed by atoms with Crippen LogP contribution in [0.1, 0.15) is 20.3 Å². The van der Waals surface area contributed by atoms with Crippen LogP contribution in [0.15, 0.2) is 46.2 Å². The van der Waals surface area contributed by atoms with Crippen molar-refractivity contribution in [2.45, 2.75) is 20.3 Å². The number of nitrogens with one attached hydrogen (secondary N) is 1. The molecule has 0 bridgehead atoms. The zero-order chi connectivity index (χ0) is 15.1. The average molecular weight is 287 g/mol. The minimum atomic E-state index is -0.310. The van der Waals surface area contributed by atoms with Gasteiger partial charge in [-0.2, -0.15) is 5.10 Å². The summed E-state index contributed by atoms with van der Waals surface area (Å²) in [5.74, 6) is 0.835. The van der Waals surface area contributed by atoms with E-state index < -0.39 is 0 Å². The summed E-state index contributed by atoms with van der Waals surface area (Å²) in [5.41, 5.74) is 4.04. The molecule has 1 aromatic heterocycles. The predicted octanol–water partition coefficient (Wildman–Crippen LogP) is 2.62. The highest BCUT2D eigenvalue weighted by Gasteiger charge is 2.10. The van der Waals surface area contributed by atoms with E-state index in [1.165, 1.54) is 0 Å². The minimum Gasteiger partial charge on any atom is -0.483 e. The molecule has 0 aliphatic rings. The van der Waals surface area contributed by atoms with Crippen molar-refractivity contribution < 1.29 is 14.1 Å². The van der Waals surface area contributed by atoms with Gasteiger partial charge in [-0.1, -0.05) is 24.2 Å². The van der Waals surface area contributed by atoms with Gasteiger partial charge in [-0.15, -0.1) is 0 Å². The monoisotopic (exact) mass is 287 g/mol. The van der Waals surface area contributed by atoms with Crippen LogP contribution in [0.3, 0.4) is 0 Å². The molecule has 2 rings (SSSR count). The zero-order valence-corrected chi connectivity index (χ0v) is 12.0. The molecule has 1 heterocycles. The molecule has 0 aliphatic heterocycles. The summed E-state index contributed by atoms with van der Waals surface area (Å²) in [5, 5.41) is 7.60. The number of benzene rings is 1. The highest BCUT2D eigenvalue weighted by atomic mass is 16.5. The molecule has 0 saturated carbocycles. The first kappa shape index (κ1) is 14.8. The van der Waals surface area contributed by atoms with E-state index in [1.807, 2.05) is 32.0 Å². The number of hydrogen-bond acceptors (Lipinski definition) is 5. The van der Waals surface area contributed by atoms with Crippen LogP contribution in [0.25, 0.3) is 11.3 Å². The van der Waals surface area contributed by atoms with Crippen molar-refractivity contribution in [2.75, 3.05) is 6.61 Å². The second-order valence-corrected chi connectivity index (χ2v) is 4.40. The molecule has 0 fully saturated rings. The van der Waals surface area contributed by atoms with E-state index in [4.69, 9.17) is 9.26 Å². The van der Waals surface area contributed by atoms with Crippen LogP contribution in [0.5, 0.6) is 5.75 Å². The number of aromatic nitrogens is 1.